The monoisotopic (exact) mass is 751 g/mol. The molecule has 0 aliphatic carbocycles. The number of halogens is 4. The lowest BCUT2D eigenvalue weighted by atomic mass is 10.0. The number of nitrogens with zero attached hydrogens (tertiary/aromatic N) is 3. The summed E-state index contributed by atoms with van der Waals surface area (Å²) in [6, 6.07) is 18.6. The maximum atomic E-state index is 14.0. The van der Waals surface area contributed by atoms with E-state index >= 15 is 0 Å². The molecule has 52 heavy (non-hydrogen) atoms. The van der Waals surface area contributed by atoms with Gasteiger partial charge in [-0.1, -0.05) is 59.6 Å². The molecule has 8 nitrogen and oxygen atoms in total. The topological polar surface area (TPSA) is 119 Å². The summed E-state index contributed by atoms with van der Waals surface area (Å²) in [6.07, 6.45) is 4.36. The zero-order chi connectivity index (χ0) is 38.6. The molecule has 2 aromatic heterocycles. The highest BCUT2D eigenvalue weighted by Gasteiger charge is 2.24. The van der Waals surface area contributed by atoms with Gasteiger partial charge in [0.2, 0.25) is 0 Å². The van der Waals surface area contributed by atoms with Gasteiger partial charge < -0.3 is 14.3 Å². The minimum Gasteiger partial charge on any atom is -0.460 e. The third-order valence-corrected chi connectivity index (χ3v) is 7.79. The summed E-state index contributed by atoms with van der Waals surface area (Å²) < 4.78 is 38.4. The standard InChI is InChI=1S/C20H20ClFN2O2.C20H21ClFNO3/c1-20(2,3)26-18(25)10-15(11-23)17-8-7-13(12-24-17)9-14-5-4-6-16(21)19(14)22;1-20(2,3)26-18(25)10-15(12-24)17-8-7-13(11-23-17)9-14-5-4-6-16(21)19(14)22/h4-8,12,15H,9-10H2,1-3H3;4-8,11-12,15H,9-10H2,1-3H3. The molecule has 0 aliphatic heterocycles. The highest BCUT2D eigenvalue weighted by atomic mass is 35.5. The maximum Gasteiger partial charge on any atom is 0.308 e. The van der Waals surface area contributed by atoms with Crippen LogP contribution in [0.3, 0.4) is 0 Å². The summed E-state index contributed by atoms with van der Waals surface area (Å²) in [7, 11) is 0. The molecule has 0 amide bonds. The normalized spacial score (nSPS) is 12.4. The van der Waals surface area contributed by atoms with Crippen molar-refractivity contribution in [2.24, 2.45) is 0 Å². The molecular formula is C40H41Cl2F2N3O5. The van der Waals surface area contributed by atoms with E-state index in [4.69, 9.17) is 32.7 Å². The molecule has 0 bridgehead atoms. The lowest BCUT2D eigenvalue weighted by Crippen LogP contribution is -2.25. The Labute approximate surface area is 313 Å². The van der Waals surface area contributed by atoms with E-state index in [0.717, 1.165) is 11.1 Å². The van der Waals surface area contributed by atoms with Crippen LogP contribution in [0.15, 0.2) is 73.1 Å². The van der Waals surface area contributed by atoms with Crippen molar-refractivity contribution in [3.8, 4) is 6.07 Å². The molecule has 0 saturated carbocycles. The second-order valence-corrected chi connectivity index (χ2v) is 14.8. The largest absolute Gasteiger partial charge is 0.460 e. The van der Waals surface area contributed by atoms with Crippen LogP contribution in [-0.4, -0.2) is 39.4 Å². The van der Waals surface area contributed by atoms with Crippen molar-refractivity contribution in [1.82, 2.24) is 9.97 Å². The van der Waals surface area contributed by atoms with Gasteiger partial charge >= 0.3 is 11.9 Å². The van der Waals surface area contributed by atoms with Gasteiger partial charge in [-0.15, -0.1) is 0 Å². The minimum atomic E-state index is -0.693. The number of rotatable bonds is 11. The number of nitriles is 1. The van der Waals surface area contributed by atoms with E-state index in [9.17, 15) is 28.4 Å². The Morgan fingerprint density at radius 1 is 0.750 bits per heavy atom. The van der Waals surface area contributed by atoms with Crippen molar-refractivity contribution in [1.29, 1.82) is 5.26 Å². The number of carbonyl (C=O) groups is 3. The van der Waals surface area contributed by atoms with Gasteiger partial charge in [-0.25, -0.2) is 8.78 Å². The van der Waals surface area contributed by atoms with E-state index in [-0.39, 0.29) is 22.9 Å². The third kappa shape index (κ3) is 13.4. The number of esters is 2. The number of carbonyl (C=O) groups excluding carboxylic acids is 3. The van der Waals surface area contributed by atoms with Gasteiger partial charge in [-0.3, -0.25) is 19.6 Å². The van der Waals surface area contributed by atoms with Gasteiger partial charge in [0.1, 0.15) is 29.1 Å². The average molecular weight is 753 g/mol. The van der Waals surface area contributed by atoms with Crippen molar-refractivity contribution < 1.29 is 32.6 Å². The van der Waals surface area contributed by atoms with Gasteiger partial charge in [-0.2, -0.15) is 5.26 Å². The molecule has 0 aliphatic rings. The molecule has 0 fully saturated rings. The van der Waals surface area contributed by atoms with Crippen LogP contribution in [0.5, 0.6) is 0 Å². The minimum absolute atomic E-state index is 0.0664. The molecule has 2 aromatic carbocycles. The van der Waals surface area contributed by atoms with E-state index in [1.807, 2.05) is 0 Å². The van der Waals surface area contributed by atoms with Crippen LogP contribution < -0.4 is 0 Å². The average Bonchev–Trinajstić information content (AvgIpc) is 3.06. The molecule has 4 aromatic rings. The van der Waals surface area contributed by atoms with Crippen LogP contribution in [-0.2, 0) is 36.7 Å². The number of ether oxygens (including phenoxy) is 2. The second-order valence-electron chi connectivity index (χ2n) is 14.0. The summed E-state index contributed by atoms with van der Waals surface area (Å²) in [5.74, 6) is -3.17. The lowest BCUT2D eigenvalue weighted by Gasteiger charge is -2.20. The molecule has 0 radical (unpaired) electrons. The molecular weight excluding hydrogens is 711 g/mol. The lowest BCUT2D eigenvalue weighted by molar-refractivity contribution is -0.156. The quantitative estimate of drug-likeness (QED) is 0.110. The van der Waals surface area contributed by atoms with Gasteiger partial charge in [0, 0.05) is 25.2 Å². The van der Waals surface area contributed by atoms with Crippen molar-refractivity contribution >= 4 is 41.4 Å². The first-order valence-electron chi connectivity index (χ1n) is 16.4. The smallest absolute Gasteiger partial charge is 0.308 e. The summed E-state index contributed by atoms with van der Waals surface area (Å²) in [5.41, 5.74) is 2.24. The molecule has 12 heteroatoms. The molecule has 2 unspecified atom stereocenters. The van der Waals surface area contributed by atoms with E-state index in [2.05, 4.69) is 16.0 Å². The van der Waals surface area contributed by atoms with Crippen LogP contribution in [0, 0.1) is 23.0 Å². The number of aromatic nitrogens is 2. The SMILES string of the molecule is CC(C)(C)OC(=O)CC(C#N)c1ccc(Cc2cccc(Cl)c2F)cn1.CC(C)(C)OC(=O)CC(C=O)c1ccc(Cc2cccc(Cl)c2F)cn1. The Balaban J connectivity index is 0.000000280. The molecule has 0 saturated heterocycles. The van der Waals surface area contributed by atoms with Crippen LogP contribution in [0.2, 0.25) is 10.0 Å². The van der Waals surface area contributed by atoms with E-state index in [1.165, 1.54) is 12.1 Å². The summed E-state index contributed by atoms with van der Waals surface area (Å²) in [6.45, 7) is 10.6. The van der Waals surface area contributed by atoms with Gasteiger partial charge in [0.05, 0.1) is 52.2 Å². The van der Waals surface area contributed by atoms with Crippen molar-refractivity contribution in [3.05, 3.63) is 128 Å². The Bertz CT molecular complexity index is 1880. The van der Waals surface area contributed by atoms with Crippen LogP contribution in [0.1, 0.15) is 99.9 Å². The number of pyridine rings is 2. The zero-order valence-corrected chi connectivity index (χ0v) is 31.4. The first kappa shape index (κ1) is 41.7. The molecule has 0 N–H and O–H groups in total. The summed E-state index contributed by atoms with van der Waals surface area (Å²) in [5, 5.41) is 9.49. The Kier molecular flexibility index (Phi) is 15.0. The first-order valence-corrected chi connectivity index (χ1v) is 17.2. The number of aldehydes is 1. The van der Waals surface area contributed by atoms with Crippen LogP contribution >= 0.6 is 23.2 Å². The maximum absolute atomic E-state index is 14.0. The summed E-state index contributed by atoms with van der Waals surface area (Å²) in [4.78, 5) is 43.7. The predicted molar refractivity (Wildman–Crippen MR) is 195 cm³/mol. The van der Waals surface area contributed by atoms with Gasteiger partial charge in [0.25, 0.3) is 0 Å². The number of benzene rings is 2. The van der Waals surface area contributed by atoms with Gasteiger partial charge in [0.15, 0.2) is 0 Å². The predicted octanol–water partition coefficient (Wildman–Crippen LogP) is 9.28. The highest BCUT2D eigenvalue weighted by Crippen LogP contribution is 2.24. The van der Waals surface area contributed by atoms with Crippen LogP contribution in [0.25, 0.3) is 0 Å². The van der Waals surface area contributed by atoms with E-state index < -0.39 is 46.6 Å². The summed E-state index contributed by atoms with van der Waals surface area (Å²) >= 11 is 11.6. The number of hydrogen-bond donors (Lipinski definition) is 0. The fourth-order valence-corrected chi connectivity index (χ4v) is 5.26. The Morgan fingerprint density at radius 2 is 1.19 bits per heavy atom. The van der Waals surface area contributed by atoms with E-state index in [0.29, 0.717) is 41.6 Å². The van der Waals surface area contributed by atoms with Crippen molar-refractivity contribution in [2.75, 3.05) is 0 Å². The Morgan fingerprint density at radius 3 is 1.58 bits per heavy atom. The third-order valence-electron chi connectivity index (χ3n) is 7.20. The molecule has 0 spiro atoms. The fourth-order valence-electron chi connectivity index (χ4n) is 4.87. The number of hydrogen-bond acceptors (Lipinski definition) is 8. The zero-order valence-electron chi connectivity index (χ0n) is 29.9. The van der Waals surface area contributed by atoms with Crippen molar-refractivity contribution in [3.63, 3.8) is 0 Å². The molecule has 4 rings (SSSR count). The molecule has 274 valence electrons. The van der Waals surface area contributed by atoms with Crippen molar-refractivity contribution in [2.45, 2.75) is 90.3 Å². The Hall–Kier alpha value is -4.72. The van der Waals surface area contributed by atoms with Crippen LogP contribution in [0.4, 0.5) is 8.78 Å². The van der Waals surface area contributed by atoms with Gasteiger partial charge in [-0.05, 0) is 88.1 Å². The molecule has 2 heterocycles. The van der Waals surface area contributed by atoms with E-state index in [1.54, 1.807) is 102 Å². The second kappa shape index (κ2) is 18.7. The highest BCUT2D eigenvalue weighted by molar-refractivity contribution is 6.31. The fraction of sp³-hybridized carbons (Fsp3) is 0.350. The molecule has 2 atom stereocenters. The first-order chi connectivity index (χ1) is 24.4.